The molecule has 0 aromatic rings. The third-order valence-electron chi connectivity index (χ3n) is 3.61. The fraction of sp³-hybridized carbons (Fsp3) is 0.786. The van der Waals surface area contributed by atoms with Gasteiger partial charge in [-0.1, -0.05) is 19.8 Å². The van der Waals surface area contributed by atoms with Crippen LogP contribution in [0.2, 0.25) is 0 Å². The van der Waals surface area contributed by atoms with Crippen LogP contribution < -0.4 is 5.32 Å². The molecule has 0 radical (unpaired) electrons. The lowest BCUT2D eigenvalue weighted by Gasteiger charge is -2.18. The number of unbranched alkanes of at least 4 members (excludes halogenated alkanes) is 1. The Kier molecular flexibility index (Phi) is 7.14. The number of nitrogens with zero attached hydrogens (tertiary/aromatic N) is 1. The van der Waals surface area contributed by atoms with E-state index >= 15 is 0 Å². The van der Waals surface area contributed by atoms with E-state index in [1.54, 1.807) is 12.0 Å². The van der Waals surface area contributed by atoms with E-state index in [-0.39, 0.29) is 18.2 Å². The van der Waals surface area contributed by atoms with Crippen LogP contribution in [0.4, 0.5) is 0 Å². The van der Waals surface area contributed by atoms with Gasteiger partial charge < -0.3 is 20.1 Å². The molecule has 21 heavy (non-hydrogen) atoms. The second kappa shape index (κ2) is 8.61. The van der Waals surface area contributed by atoms with Gasteiger partial charge in [-0.3, -0.25) is 9.59 Å². The summed E-state index contributed by atoms with van der Waals surface area (Å²) in [6, 6.07) is -0.874. The standard InChI is InChI=1S/C14H24N2O5/c1-3-4-5-11(14(19)20)15-13(18)10-8-12(17)16(9-10)6-7-21-2/h10-11H,3-9H2,1-2H3,(H,15,18)(H,19,20). The molecule has 2 unspecified atom stereocenters. The number of likely N-dealkylation sites (tertiary alicyclic amines) is 1. The van der Waals surface area contributed by atoms with Crippen LogP contribution in [0, 0.1) is 5.92 Å². The third-order valence-corrected chi connectivity index (χ3v) is 3.61. The van der Waals surface area contributed by atoms with E-state index in [4.69, 9.17) is 9.84 Å². The van der Waals surface area contributed by atoms with Gasteiger partial charge in [0.05, 0.1) is 12.5 Å². The topological polar surface area (TPSA) is 95.9 Å². The third kappa shape index (κ3) is 5.34. The zero-order valence-electron chi connectivity index (χ0n) is 12.6. The number of hydrogen-bond donors (Lipinski definition) is 2. The molecular weight excluding hydrogens is 276 g/mol. The Bertz CT molecular complexity index is 386. The summed E-state index contributed by atoms with van der Waals surface area (Å²) >= 11 is 0. The van der Waals surface area contributed by atoms with Crippen molar-refractivity contribution in [2.75, 3.05) is 26.8 Å². The van der Waals surface area contributed by atoms with Crippen molar-refractivity contribution in [3.05, 3.63) is 0 Å². The van der Waals surface area contributed by atoms with Gasteiger partial charge in [-0.15, -0.1) is 0 Å². The minimum absolute atomic E-state index is 0.0902. The Morgan fingerprint density at radius 2 is 2.24 bits per heavy atom. The number of ether oxygens (including phenoxy) is 1. The predicted molar refractivity (Wildman–Crippen MR) is 75.7 cm³/mol. The molecule has 0 spiro atoms. The Balaban J connectivity index is 2.51. The molecular formula is C14H24N2O5. The lowest BCUT2D eigenvalue weighted by atomic mass is 10.1. The van der Waals surface area contributed by atoms with E-state index in [1.165, 1.54) is 0 Å². The summed E-state index contributed by atoms with van der Waals surface area (Å²) in [4.78, 5) is 36.6. The van der Waals surface area contributed by atoms with Gasteiger partial charge in [0.1, 0.15) is 6.04 Å². The van der Waals surface area contributed by atoms with Crippen LogP contribution in [-0.4, -0.2) is 60.6 Å². The van der Waals surface area contributed by atoms with E-state index in [0.29, 0.717) is 26.1 Å². The number of carbonyl (C=O) groups is 3. The zero-order valence-corrected chi connectivity index (χ0v) is 12.6. The zero-order chi connectivity index (χ0) is 15.8. The minimum atomic E-state index is -1.03. The van der Waals surface area contributed by atoms with Gasteiger partial charge in [-0.2, -0.15) is 0 Å². The molecule has 1 fully saturated rings. The Morgan fingerprint density at radius 1 is 1.52 bits per heavy atom. The van der Waals surface area contributed by atoms with Gasteiger partial charge in [0.15, 0.2) is 0 Å². The maximum absolute atomic E-state index is 12.1. The minimum Gasteiger partial charge on any atom is -0.480 e. The summed E-state index contributed by atoms with van der Waals surface area (Å²) in [6.45, 7) is 3.17. The Hall–Kier alpha value is -1.63. The molecule has 7 nitrogen and oxygen atoms in total. The van der Waals surface area contributed by atoms with Crippen LogP contribution in [0.15, 0.2) is 0 Å². The largest absolute Gasteiger partial charge is 0.480 e. The summed E-state index contributed by atoms with van der Waals surface area (Å²) in [7, 11) is 1.55. The molecule has 1 rings (SSSR count). The SMILES string of the molecule is CCCCC(NC(=O)C1CC(=O)N(CCOC)C1)C(=O)O. The summed E-state index contributed by atoms with van der Waals surface area (Å²) in [5.41, 5.74) is 0. The molecule has 2 amide bonds. The molecule has 1 aliphatic heterocycles. The van der Waals surface area contributed by atoms with E-state index < -0.39 is 17.9 Å². The Labute approximate surface area is 124 Å². The van der Waals surface area contributed by atoms with Crippen LogP contribution in [0.5, 0.6) is 0 Å². The number of nitrogens with one attached hydrogen (secondary N) is 1. The fourth-order valence-electron chi connectivity index (χ4n) is 2.32. The van der Waals surface area contributed by atoms with Crippen molar-refractivity contribution >= 4 is 17.8 Å². The van der Waals surface area contributed by atoms with Crippen LogP contribution in [-0.2, 0) is 19.1 Å². The van der Waals surface area contributed by atoms with Gasteiger partial charge >= 0.3 is 5.97 Å². The number of amides is 2. The van der Waals surface area contributed by atoms with Gasteiger partial charge in [0, 0.05) is 26.6 Å². The summed E-state index contributed by atoms with van der Waals surface area (Å²) in [5.74, 6) is -1.95. The van der Waals surface area contributed by atoms with E-state index in [9.17, 15) is 14.4 Å². The number of carboxylic acid groups (broad SMARTS) is 1. The molecule has 0 aromatic heterocycles. The van der Waals surface area contributed by atoms with Crippen LogP contribution in [0.3, 0.4) is 0 Å². The number of rotatable bonds is 9. The molecule has 1 saturated heterocycles. The van der Waals surface area contributed by atoms with Crippen LogP contribution in [0.25, 0.3) is 0 Å². The normalized spacial score (nSPS) is 19.6. The lowest BCUT2D eigenvalue weighted by molar-refractivity contribution is -0.142. The smallest absolute Gasteiger partial charge is 0.326 e. The molecule has 0 aromatic carbocycles. The molecule has 0 saturated carbocycles. The maximum Gasteiger partial charge on any atom is 0.326 e. The van der Waals surface area contributed by atoms with Crippen molar-refractivity contribution in [3.63, 3.8) is 0 Å². The first-order valence-electron chi connectivity index (χ1n) is 7.29. The molecule has 120 valence electrons. The fourth-order valence-corrected chi connectivity index (χ4v) is 2.32. The number of hydrogen-bond acceptors (Lipinski definition) is 4. The number of carbonyl (C=O) groups excluding carboxylic acids is 2. The summed E-state index contributed by atoms with van der Waals surface area (Å²) in [6.07, 6.45) is 2.15. The highest BCUT2D eigenvalue weighted by molar-refractivity contribution is 5.91. The van der Waals surface area contributed by atoms with E-state index in [1.807, 2.05) is 6.92 Å². The van der Waals surface area contributed by atoms with Crippen molar-refractivity contribution < 1.29 is 24.2 Å². The molecule has 1 heterocycles. The van der Waals surface area contributed by atoms with Crippen LogP contribution in [0.1, 0.15) is 32.6 Å². The second-order valence-electron chi connectivity index (χ2n) is 5.28. The van der Waals surface area contributed by atoms with Crippen molar-refractivity contribution in [1.29, 1.82) is 0 Å². The first kappa shape index (κ1) is 17.4. The quantitative estimate of drug-likeness (QED) is 0.636. The molecule has 0 bridgehead atoms. The van der Waals surface area contributed by atoms with Crippen molar-refractivity contribution in [2.45, 2.75) is 38.6 Å². The monoisotopic (exact) mass is 300 g/mol. The maximum atomic E-state index is 12.1. The van der Waals surface area contributed by atoms with Gasteiger partial charge in [0.25, 0.3) is 0 Å². The number of aliphatic carboxylic acids is 1. The second-order valence-corrected chi connectivity index (χ2v) is 5.28. The van der Waals surface area contributed by atoms with Gasteiger partial charge in [-0.05, 0) is 6.42 Å². The molecule has 2 atom stereocenters. The van der Waals surface area contributed by atoms with Crippen molar-refractivity contribution in [2.24, 2.45) is 5.92 Å². The van der Waals surface area contributed by atoms with Gasteiger partial charge in [0.2, 0.25) is 11.8 Å². The first-order chi connectivity index (χ1) is 9.99. The lowest BCUT2D eigenvalue weighted by Crippen LogP contribution is -2.44. The Morgan fingerprint density at radius 3 is 2.81 bits per heavy atom. The highest BCUT2D eigenvalue weighted by Gasteiger charge is 2.35. The van der Waals surface area contributed by atoms with E-state index in [2.05, 4.69) is 5.32 Å². The summed E-state index contributed by atoms with van der Waals surface area (Å²) < 4.78 is 4.92. The molecule has 7 heteroatoms. The highest BCUT2D eigenvalue weighted by atomic mass is 16.5. The van der Waals surface area contributed by atoms with Crippen molar-refractivity contribution in [3.8, 4) is 0 Å². The van der Waals surface area contributed by atoms with E-state index in [0.717, 1.165) is 12.8 Å². The molecule has 0 aliphatic carbocycles. The predicted octanol–water partition coefficient (Wildman–Crippen LogP) is 0.241. The summed E-state index contributed by atoms with van der Waals surface area (Å²) in [5, 5.41) is 11.6. The molecule has 2 N–H and O–H groups in total. The number of carboxylic acids is 1. The highest BCUT2D eigenvalue weighted by Crippen LogP contribution is 2.18. The number of methoxy groups -OCH3 is 1. The van der Waals surface area contributed by atoms with Crippen LogP contribution >= 0.6 is 0 Å². The average Bonchev–Trinajstić information content (AvgIpc) is 2.82. The molecule has 1 aliphatic rings. The average molecular weight is 300 g/mol. The first-order valence-corrected chi connectivity index (χ1v) is 7.29. The van der Waals surface area contributed by atoms with Crippen molar-refractivity contribution in [1.82, 2.24) is 10.2 Å². The van der Waals surface area contributed by atoms with Gasteiger partial charge in [-0.25, -0.2) is 4.79 Å².